The van der Waals surface area contributed by atoms with Crippen LogP contribution in [0, 0.1) is 0 Å². The third-order valence-corrected chi connectivity index (χ3v) is 5.57. The van der Waals surface area contributed by atoms with E-state index in [1.165, 1.54) is 0 Å². The number of piperidine rings is 1. The molecule has 2 amide bonds. The van der Waals surface area contributed by atoms with Gasteiger partial charge in [-0.05, 0) is 76.8 Å². The predicted molar refractivity (Wildman–Crippen MR) is 114 cm³/mol. The summed E-state index contributed by atoms with van der Waals surface area (Å²) in [5.74, 6) is 0.0835. The summed E-state index contributed by atoms with van der Waals surface area (Å²) in [7, 11) is 0. The molecule has 0 unspecified atom stereocenters. The molecule has 2 heterocycles. The first-order chi connectivity index (χ1) is 14.3. The highest BCUT2D eigenvalue weighted by molar-refractivity contribution is 5.95. The van der Waals surface area contributed by atoms with E-state index in [-0.39, 0.29) is 18.0 Å². The molecule has 0 spiro atoms. The van der Waals surface area contributed by atoms with Gasteiger partial charge in [-0.2, -0.15) is 5.10 Å². The molecule has 30 heavy (non-hydrogen) atoms. The lowest BCUT2D eigenvalue weighted by Crippen LogP contribution is -2.50. The molecule has 0 atom stereocenters. The van der Waals surface area contributed by atoms with Gasteiger partial charge in [-0.1, -0.05) is 0 Å². The molecule has 4 rings (SSSR count). The number of nitrogens with zero attached hydrogens (tertiary/aromatic N) is 4. The minimum atomic E-state index is -0.494. The molecule has 1 aromatic heterocycles. The van der Waals surface area contributed by atoms with Crippen molar-refractivity contribution in [2.45, 2.75) is 64.1 Å². The van der Waals surface area contributed by atoms with Crippen LogP contribution >= 0.6 is 0 Å². The van der Waals surface area contributed by atoms with Crippen LogP contribution in [0.4, 0.5) is 4.79 Å². The van der Waals surface area contributed by atoms with Crippen molar-refractivity contribution in [1.29, 1.82) is 0 Å². The number of hydrogen-bond acceptors (Lipinski definition) is 4. The van der Waals surface area contributed by atoms with Crippen molar-refractivity contribution >= 4 is 12.0 Å². The van der Waals surface area contributed by atoms with Gasteiger partial charge in [0, 0.05) is 43.1 Å². The van der Waals surface area contributed by atoms with Gasteiger partial charge in [-0.25, -0.2) is 9.48 Å². The van der Waals surface area contributed by atoms with Gasteiger partial charge in [0.1, 0.15) is 5.60 Å². The normalized spacial score (nSPS) is 17.6. The molecule has 2 aromatic rings. The van der Waals surface area contributed by atoms with E-state index in [4.69, 9.17) is 4.74 Å². The number of carbonyl (C=O) groups is 2. The maximum Gasteiger partial charge on any atom is 0.410 e. The molecule has 0 radical (unpaired) electrons. The van der Waals surface area contributed by atoms with Crippen molar-refractivity contribution in [3.05, 3.63) is 48.3 Å². The van der Waals surface area contributed by atoms with E-state index in [1.54, 1.807) is 15.8 Å². The van der Waals surface area contributed by atoms with Crippen LogP contribution in [0.1, 0.15) is 56.8 Å². The Balaban J connectivity index is 1.41. The Morgan fingerprint density at radius 3 is 2.20 bits per heavy atom. The van der Waals surface area contributed by atoms with Gasteiger partial charge in [0.2, 0.25) is 0 Å². The summed E-state index contributed by atoms with van der Waals surface area (Å²) >= 11 is 0. The van der Waals surface area contributed by atoms with E-state index in [0.717, 1.165) is 31.4 Å². The quantitative estimate of drug-likeness (QED) is 0.767. The Hall–Kier alpha value is -2.83. The Bertz CT molecular complexity index is 874. The average Bonchev–Trinajstić information content (AvgIpc) is 3.39. The second kappa shape index (κ2) is 8.13. The molecule has 1 aliphatic carbocycles. The molecular formula is C23H30N4O3. The first kappa shape index (κ1) is 20.4. The topological polar surface area (TPSA) is 67.7 Å². The number of aromatic nitrogens is 2. The van der Waals surface area contributed by atoms with Gasteiger partial charge in [0.25, 0.3) is 5.91 Å². The second-order valence-corrected chi connectivity index (χ2v) is 9.14. The van der Waals surface area contributed by atoms with Crippen molar-refractivity contribution in [3.8, 4) is 5.69 Å². The maximum absolute atomic E-state index is 13.3. The van der Waals surface area contributed by atoms with E-state index >= 15 is 0 Å². The summed E-state index contributed by atoms with van der Waals surface area (Å²) in [6, 6.07) is 9.97. The lowest BCUT2D eigenvalue weighted by Gasteiger charge is -2.39. The molecule has 2 aliphatic rings. The number of carbonyl (C=O) groups excluding carboxylic acids is 2. The number of rotatable bonds is 4. The summed E-state index contributed by atoms with van der Waals surface area (Å²) in [6.45, 7) is 6.87. The van der Waals surface area contributed by atoms with Crippen LogP contribution in [0.3, 0.4) is 0 Å². The molecule has 2 fully saturated rings. The van der Waals surface area contributed by atoms with Crippen LogP contribution in [0.2, 0.25) is 0 Å². The molecule has 0 bridgehead atoms. The number of amides is 2. The van der Waals surface area contributed by atoms with Gasteiger partial charge in [-0.3, -0.25) is 4.79 Å². The fraction of sp³-hybridized carbons (Fsp3) is 0.522. The van der Waals surface area contributed by atoms with E-state index in [0.29, 0.717) is 24.7 Å². The number of likely N-dealkylation sites (tertiary alicyclic amines) is 1. The average molecular weight is 411 g/mol. The van der Waals surface area contributed by atoms with Gasteiger partial charge in [-0.15, -0.1) is 0 Å². The minimum Gasteiger partial charge on any atom is -0.444 e. The standard InChI is InChI=1S/C23H30N4O3/c1-23(2,3)30-22(29)25-15-11-20(12-16-25)27(19-9-10-19)21(28)17-5-7-18(8-6-17)26-14-4-13-24-26/h4-8,13-14,19-20H,9-12,15-16H2,1-3H3. The van der Waals surface area contributed by atoms with Crippen molar-refractivity contribution in [3.63, 3.8) is 0 Å². The van der Waals surface area contributed by atoms with Gasteiger partial charge >= 0.3 is 6.09 Å². The van der Waals surface area contributed by atoms with Gasteiger partial charge in [0.15, 0.2) is 0 Å². The van der Waals surface area contributed by atoms with Gasteiger partial charge < -0.3 is 14.5 Å². The Labute approximate surface area is 177 Å². The zero-order valence-corrected chi connectivity index (χ0v) is 18.0. The lowest BCUT2D eigenvalue weighted by molar-refractivity contribution is 0.0142. The van der Waals surface area contributed by atoms with E-state index in [1.807, 2.05) is 57.3 Å². The first-order valence-electron chi connectivity index (χ1n) is 10.7. The second-order valence-electron chi connectivity index (χ2n) is 9.14. The highest BCUT2D eigenvalue weighted by Crippen LogP contribution is 2.33. The summed E-state index contributed by atoms with van der Waals surface area (Å²) in [5.41, 5.74) is 1.14. The number of hydrogen-bond donors (Lipinski definition) is 0. The van der Waals surface area contributed by atoms with Crippen molar-refractivity contribution in [2.75, 3.05) is 13.1 Å². The largest absolute Gasteiger partial charge is 0.444 e. The Morgan fingerprint density at radius 1 is 1.03 bits per heavy atom. The van der Waals surface area contributed by atoms with Crippen LogP contribution in [-0.2, 0) is 4.74 Å². The summed E-state index contributed by atoms with van der Waals surface area (Å²) < 4.78 is 7.27. The zero-order chi connectivity index (χ0) is 21.3. The van der Waals surface area contributed by atoms with Crippen molar-refractivity contribution in [1.82, 2.24) is 19.6 Å². The van der Waals surface area contributed by atoms with Crippen LogP contribution in [0.25, 0.3) is 5.69 Å². The Morgan fingerprint density at radius 2 is 1.67 bits per heavy atom. The molecule has 1 saturated carbocycles. The zero-order valence-electron chi connectivity index (χ0n) is 18.0. The van der Waals surface area contributed by atoms with E-state index < -0.39 is 5.60 Å². The van der Waals surface area contributed by atoms with E-state index in [9.17, 15) is 9.59 Å². The fourth-order valence-corrected chi connectivity index (χ4v) is 3.96. The highest BCUT2D eigenvalue weighted by atomic mass is 16.6. The number of benzene rings is 1. The van der Waals surface area contributed by atoms with Crippen LogP contribution in [0.15, 0.2) is 42.7 Å². The number of ether oxygens (including phenoxy) is 1. The van der Waals surface area contributed by atoms with Crippen LogP contribution in [0.5, 0.6) is 0 Å². The SMILES string of the molecule is CC(C)(C)OC(=O)N1CCC(N(C(=O)c2ccc(-n3cccn3)cc2)C2CC2)CC1. The summed E-state index contributed by atoms with van der Waals surface area (Å²) in [5, 5.41) is 4.23. The molecule has 7 nitrogen and oxygen atoms in total. The van der Waals surface area contributed by atoms with Crippen molar-refractivity contribution in [2.24, 2.45) is 0 Å². The summed E-state index contributed by atoms with van der Waals surface area (Å²) in [6.07, 6.45) is 7.04. The third-order valence-electron chi connectivity index (χ3n) is 5.57. The first-order valence-corrected chi connectivity index (χ1v) is 10.7. The molecule has 1 aromatic carbocycles. The monoisotopic (exact) mass is 410 g/mol. The van der Waals surface area contributed by atoms with Crippen molar-refractivity contribution < 1.29 is 14.3 Å². The highest BCUT2D eigenvalue weighted by Gasteiger charge is 2.39. The minimum absolute atomic E-state index is 0.0835. The molecular weight excluding hydrogens is 380 g/mol. The predicted octanol–water partition coefficient (Wildman–Crippen LogP) is 3.88. The smallest absolute Gasteiger partial charge is 0.410 e. The van der Waals surface area contributed by atoms with Crippen LogP contribution < -0.4 is 0 Å². The fourth-order valence-electron chi connectivity index (χ4n) is 3.96. The molecule has 0 N–H and O–H groups in total. The molecule has 160 valence electrons. The van der Waals surface area contributed by atoms with Crippen LogP contribution in [-0.4, -0.2) is 62.4 Å². The molecule has 7 heteroatoms. The lowest BCUT2D eigenvalue weighted by atomic mass is 10.0. The van der Waals surface area contributed by atoms with Gasteiger partial charge in [0.05, 0.1) is 5.69 Å². The summed E-state index contributed by atoms with van der Waals surface area (Å²) in [4.78, 5) is 29.5. The molecule has 1 aliphatic heterocycles. The maximum atomic E-state index is 13.3. The molecule has 1 saturated heterocycles. The Kier molecular flexibility index (Phi) is 5.54. The van der Waals surface area contributed by atoms with E-state index in [2.05, 4.69) is 10.00 Å². The third kappa shape index (κ3) is 4.66.